The summed E-state index contributed by atoms with van der Waals surface area (Å²) in [5.41, 5.74) is 6.56. The van der Waals surface area contributed by atoms with Crippen molar-refractivity contribution in [3.05, 3.63) is 23.8 Å². The van der Waals surface area contributed by atoms with E-state index in [1.807, 2.05) is 13.0 Å². The summed E-state index contributed by atoms with van der Waals surface area (Å²) in [4.78, 5) is 12.5. The van der Waals surface area contributed by atoms with Crippen molar-refractivity contribution in [2.75, 3.05) is 12.4 Å². The molecule has 0 radical (unpaired) electrons. The first-order valence-electron chi connectivity index (χ1n) is 6.66. The monoisotopic (exact) mass is 273 g/mol. The molecule has 2 rings (SSSR count). The highest BCUT2D eigenvalue weighted by Gasteiger charge is 2.43. The van der Waals surface area contributed by atoms with Crippen LogP contribution >= 0.6 is 0 Å². The highest BCUT2D eigenvalue weighted by molar-refractivity contribution is 5.97. The SMILES string of the molecule is COc1cc(C#N)ccc1NC(=O)C1(C)CCCC1N. The number of anilines is 1. The molecule has 0 spiro atoms. The lowest BCUT2D eigenvalue weighted by Crippen LogP contribution is -2.44. The summed E-state index contributed by atoms with van der Waals surface area (Å²) in [6.45, 7) is 1.90. The van der Waals surface area contributed by atoms with Crippen molar-refractivity contribution in [3.8, 4) is 11.8 Å². The smallest absolute Gasteiger partial charge is 0.231 e. The fourth-order valence-electron chi connectivity index (χ4n) is 2.60. The molecular formula is C15H19N3O2. The maximum Gasteiger partial charge on any atom is 0.231 e. The highest BCUT2D eigenvalue weighted by Crippen LogP contribution is 2.38. The van der Waals surface area contributed by atoms with Crippen molar-refractivity contribution in [1.82, 2.24) is 0 Å². The number of nitrogens with zero attached hydrogens (tertiary/aromatic N) is 1. The van der Waals surface area contributed by atoms with Crippen LogP contribution in [0.4, 0.5) is 5.69 Å². The second kappa shape index (κ2) is 5.51. The third kappa shape index (κ3) is 2.47. The minimum Gasteiger partial charge on any atom is -0.495 e. The maximum atomic E-state index is 12.5. The molecule has 2 unspecified atom stereocenters. The van der Waals surface area contributed by atoms with Crippen LogP contribution in [0.25, 0.3) is 0 Å². The predicted octanol–water partition coefficient (Wildman–Crippen LogP) is 2.02. The minimum atomic E-state index is -0.543. The van der Waals surface area contributed by atoms with Crippen LogP contribution in [-0.2, 0) is 4.79 Å². The van der Waals surface area contributed by atoms with Crippen molar-refractivity contribution < 1.29 is 9.53 Å². The Kier molecular flexibility index (Phi) is 3.96. The van der Waals surface area contributed by atoms with Crippen LogP contribution in [0.3, 0.4) is 0 Å². The minimum absolute atomic E-state index is 0.0921. The van der Waals surface area contributed by atoms with Gasteiger partial charge in [0.15, 0.2) is 0 Å². The van der Waals surface area contributed by atoms with Gasteiger partial charge in [-0.05, 0) is 31.9 Å². The lowest BCUT2D eigenvalue weighted by molar-refractivity contribution is -0.125. The number of nitrogens with one attached hydrogen (secondary N) is 1. The number of carbonyl (C=O) groups excluding carboxylic acids is 1. The molecule has 0 bridgehead atoms. The maximum absolute atomic E-state index is 12.5. The number of ether oxygens (including phenoxy) is 1. The Balaban J connectivity index is 2.22. The van der Waals surface area contributed by atoms with Crippen LogP contribution in [0.2, 0.25) is 0 Å². The Labute approximate surface area is 118 Å². The fourth-order valence-corrected chi connectivity index (χ4v) is 2.60. The number of hydrogen-bond acceptors (Lipinski definition) is 4. The van der Waals surface area contributed by atoms with Gasteiger partial charge in [-0.15, -0.1) is 0 Å². The first-order chi connectivity index (χ1) is 9.51. The van der Waals surface area contributed by atoms with Gasteiger partial charge in [0, 0.05) is 12.1 Å². The number of carbonyl (C=O) groups is 1. The normalized spacial score (nSPS) is 25.0. The van der Waals surface area contributed by atoms with E-state index in [1.165, 1.54) is 7.11 Å². The topological polar surface area (TPSA) is 88.1 Å². The van der Waals surface area contributed by atoms with Gasteiger partial charge in [0.1, 0.15) is 5.75 Å². The number of methoxy groups -OCH3 is 1. The quantitative estimate of drug-likeness (QED) is 0.881. The molecule has 1 aliphatic rings. The van der Waals surface area contributed by atoms with Gasteiger partial charge in [0.2, 0.25) is 5.91 Å². The number of nitriles is 1. The molecular weight excluding hydrogens is 254 g/mol. The van der Waals surface area contributed by atoms with E-state index in [2.05, 4.69) is 5.32 Å². The van der Waals surface area contributed by atoms with E-state index in [0.29, 0.717) is 17.0 Å². The molecule has 1 aromatic carbocycles. The van der Waals surface area contributed by atoms with E-state index < -0.39 is 5.41 Å². The molecule has 0 aromatic heterocycles. The van der Waals surface area contributed by atoms with Gasteiger partial charge in [0.05, 0.1) is 29.8 Å². The predicted molar refractivity (Wildman–Crippen MR) is 76.3 cm³/mol. The standard InChI is InChI=1S/C15H19N3O2/c1-15(7-3-4-13(15)17)14(19)18-11-6-5-10(9-16)8-12(11)20-2/h5-6,8,13H,3-4,7,17H2,1-2H3,(H,18,19). The van der Waals surface area contributed by atoms with E-state index in [4.69, 9.17) is 15.7 Å². The first kappa shape index (κ1) is 14.4. The second-order valence-electron chi connectivity index (χ2n) is 5.40. The lowest BCUT2D eigenvalue weighted by Gasteiger charge is -2.27. The van der Waals surface area contributed by atoms with Crippen LogP contribution in [0, 0.1) is 16.7 Å². The molecule has 5 heteroatoms. The number of amides is 1. The average molecular weight is 273 g/mol. The summed E-state index contributed by atoms with van der Waals surface area (Å²) in [6, 6.07) is 6.85. The molecule has 1 amide bonds. The first-order valence-corrected chi connectivity index (χ1v) is 6.66. The molecule has 5 nitrogen and oxygen atoms in total. The van der Waals surface area contributed by atoms with E-state index >= 15 is 0 Å². The summed E-state index contributed by atoms with van der Waals surface area (Å²) in [6.07, 6.45) is 2.63. The summed E-state index contributed by atoms with van der Waals surface area (Å²) in [5, 5.41) is 11.7. The molecule has 1 fully saturated rings. The molecule has 20 heavy (non-hydrogen) atoms. The molecule has 0 saturated heterocycles. The molecule has 1 aliphatic carbocycles. The fraction of sp³-hybridized carbons (Fsp3) is 0.467. The zero-order valence-electron chi connectivity index (χ0n) is 11.8. The highest BCUT2D eigenvalue weighted by atomic mass is 16.5. The van der Waals surface area contributed by atoms with Crippen LogP contribution < -0.4 is 15.8 Å². The molecule has 0 aliphatic heterocycles. The molecule has 1 aromatic rings. The van der Waals surface area contributed by atoms with Crippen LogP contribution in [-0.4, -0.2) is 19.1 Å². The van der Waals surface area contributed by atoms with Gasteiger partial charge >= 0.3 is 0 Å². The van der Waals surface area contributed by atoms with Gasteiger partial charge in [-0.3, -0.25) is 4.79 Å². The van der Waals surface area contributed by atoms with Crippen molar-refractivity contribution in [2.24, 2.45) is 11.1 Å². The Morgan fingerprint density at radius 1 is 1.60 bits per heavy atom. The van der Waals surface area contributed by atoms with E-state index in [0.717, 1.165) is 19.3 Å². The van der Waals surface area contributed by atoms with E-state index in [9.17, 15) is 4.79 Å². The van der Waals surface area contributed by atoms with Crippen molar-refractivity contribution in [1.29, 1.82) is 5.26 Å². The zero-order chi connectivity index (χ0) is 14.8. The number of rotatable bonds is 3. The number of hydrogen-bond donors (Lipinski definition) is 2. The van der Waals surface area contributed by atoms with Gasteiger partial charge in [-0.1, -0.05) is 6.42 Å². The number of benzene rings is 1. The van der Waals surface area contributed by atoms with Crippen LogP contribution in [0.1, 0.15) is 31.7 Å². The Hall–Kier alpha value is -2.06. The second-order valence-corrected chi connectivity index (χ2v) is 5.40. The third-order valence-corrected chi connectivity index (χ3v) is 4.13. The zero-order valence-corrected chi connectivity index (χ0v) is 11.8. The number of nitrogens with two attached hydrogens (primary N) is 1. The summed E-state index contributed by atoms with van der Waals surface area (Å²) in [7, 11) is 1.51. The van der Waals surface area contributed by atoms with Crippen LogP contribution in [0.15, 0.2) is 18.2 Å². The average Bonchev–Trinajstić information content (AvgIpc) is 2.80. The molecule has 1 saturated carbocycles. The van der Waals surface area contributed by atoms with Crippen molar-refractivity contribution >= 4 is 11.6 Å². The van der Waals surface area contributed by atoms with Crippen LogP contribution in [0.5, 0.6) is 5.75 Å². The van der Waals surface area contributed by atoms with Gasteiger partial charge in [0.25, 0.3) is 0 Å². The van der Waals surface area contributed by atoms with E-state index in [1.54, 1.807) is 18.2 Å². The van der Waals surface area contributed by atoms with Gasteiger partial charge in [-0.2, -0.15) is 5.26 Å². The molecule has 3 N–H and O–H groups in total. The molecule has 106 valence electrons. The largest absolute Gasteiger partial charge is 0.495 e. The van der Waals surface area contributed by atoms with Gasteiger partial charge in [-0.25, -0.2) is 0 Å². The Morgan fingerprint density at radius 3 is 2.90 bits per heavy atom. The van der Waals surface area contributed by atoms with Crippen molar-refractivity contribution in [3.63, 3.8) is 0 Å². The van der Waals surface area contributed by atoms with Crippen molar-refractivity contribution in [2.45, 2.75) is 32.2 Å². The van der Waals surface area contributed by atoms with Gasteiger partial charge < -0.3 is 15.8 Å². The Morgan fingerprint density at radius 2 is 2.35 bits per heavy atom. The summed E-state index contributed by atoms with van der Waals surface area (Å²) in [5.74, 6) is 0.387. The summed E-state index contributed by atoms with van der Waals surface area (Å²) < 4.78 is 5.21. The lowest BCUT2D eigenvalue weighted by atomic mass is 9.84. The van der Waals surface area contributed by atoms with E-state index in [-0.39, 0.29) is 11.9 Å². The Bertz CT molecular complexity index is 565. The molecule has 0 heterocycles. The summed E-state index contributed by atoms with van der Waals surface area (Å²) >= 11 is 0. The molecule has 2 atom stereocenters. The third-order valence-electron chi connectivity index (χ3n) is 4.13.